The highest BCUT2D eigenvalue weighted by atomic mass is 79.9. The summed E-state index contributed by atoms with van der Waals surface area (Å²) in [5.41, 5.74) is 4.32. The Morgan fingerprint density at radius 3 is 2.72 bits per heavy atom. The lowest BCUT2D eigenvalue weighted by atomic mass is 10.2. The standard InChI is InChI=1S/C16H18BrN3O4S/c1-5-10-14(15(21)24-4)25-16(19-10)20-18-8-9-6-7-11(22-2)13(23-3)12(9)17/h6-8H,5H2,1-4H3,(H,19,20)/b18-8-. The Morgan fingerprint density at radius 2 is 2.12 bits per heavy atom. The molecule has 0 unspecified atom stereocenters. The van der Waals surface area contributed by atoms with Gasteiger partial charge in [0.1, 0.15) is 4.88 Å². The number of hydrogen-bond acceptors (Lipinski definition) is 8. The van der Waals surface area contributed by atoms with E-state index in [1.165, 1.54) is 18.4 Å². The zero-order valence-corrected chi connectivity index (χ0v) is 16.7. The first-order chi connectivity index (χ1) is 12.0. The molecule has 1 aromatic carbocycles. The number of ether oxygens (including phenoxy) is 3. The van der Waals surface area contributed by atoms with Crippen molar-refractivity contribution in [3.63, 3.8) is 0 Å². The quantitative estimate of drug-likeness (QED) is 0.411. The third kappa shape index (κ3) is 4.29. The van der Waals surface area contributed by atoms with Crippen LogP contribution in [0.2, 0.25) is 0 Å². The zero-order chi connectivity index (χ0) is 18.4. The van der Waals surface area contributed by atoms with Crippen molar-refractivity contribution in [1.29, 1.82) is 0 Å². The molecule has 0 amide bonds. The van der Waals surface area contributed by atoms with Crippen molar-refractivity contribution in [3.8, 4) is 11.5 Å². The summed E-state index contributed by atoms with van der Waals surface area (Å²) in [6, 6.07) is 3.63. The minimum Gasteiger partial charge on any atom is -0.493 e. The van der Waals surface area contributed by atoms with E-state index >= 15 is 0 Å². The molecule has 134 valence electrons. The number of aryl methyl sites for hydroxylation is 1. The van der Waals surface area contributed by atoms with Crippen molar-refractivity contribution in [2.75, 3.05) is 26.8 Å². The molecule has 2 rings (SSSR count). The SMILES string of the molecule is CCc1nc(N/N=C\c2ccc(OC)c(OC)c2Br)sc1C(=O)OC. The Balaban J connectivity index is 2.19. The number of thiazole rings is 1. The van der Waals surface area contributed by atoms with Gasteiger partial charge in [0.05, 0.1) is 37.7 Å². The third-order valence-corrected chi connectivity index (χ3v) is 5.08. The van der Waals surface area contributed by atoms with Crippen LogP contribution in [-0.2, 0) is 11.2 Å². The van der Waals surface area contributed by atoms with Crippen LogP contribution in [0.5, 0.6) is 11.5 Å². The number of carbonyl (C=O) groups excluding carboxylic acids is 1. The van der Waals surface area contributed by atoms with E-state index in [0.29, 0.717) is 33.6 Å². The lowest BCUT2D eigenvalue weighted by Gasteiger charge is -2.10. The number of benzene rings is 1. The molecule has 1 aromatic heterocycles. The monoisotopic (exact) mass is 427 g/mol. The average molecular weight is 428 g/mol. The summed E-state index contributed by atoms with van der Waals surface area (Å²) < 4.78 is 16.1. The van der Waals surface area contributed by atoms with Gasteiger partial charge in [0.25, 0.3) is 0 Å². The van der Waals surface area contributed by atoms with Gasteiger partial charge in [-0.1, -0.05) is 18.3 Å². The molecule has 0 spiro atoms. The summed E-state index contributed by atoms with van der Waals surface area (Å²) in [5, 5.41) is 4.69. The van der Waals surface area contributed by atoms with Gasteiger partial charge >= 0.3 is 5.97 Å². The third-order valence-electron chi connectivity index (χ3n) is 3.28. The van der Waals surface area contributed by atoms with Crippen molar-refractivity contribution < 1.29 is 19.0 Å². The summed E-state index contributed by atoms with van der Waals surface area (Å²) >= 11 is 4.68. The molecule has 0 atom stereocenters. The molecule has 0 radical (unpaired) electrons. The van der Waals surface area contributed by atoms with Gasteiger partial charge in [-0.2, -0.15) is 5.10 Å². The van der Waals surface area contributed by atoms with E-state index in [1.54, 1.807) is 26.5 Å². The van der Waals surface area contributed by atoms with E-state index in [9.17, 15) is 4.79 Å². The fourth-order valence-corrected chi connectivity index (χ4v) is 3.57. The second-order valence-corrected chi connectivity index (χ2v) is 6.51. The Hall–Kier alpha value is -2.13. The Bertz CT molecular complexity index is 792. The van der Waals surface area contributed by atoms with Crippen molar-refractivity contribution >= 4 is 44.6 Å². The van der Waals surface area contributed by atoms with Gasteiger partial charge in [-0.25, -0.2) is 9.78 Å². The molecule has 2 aromatic rings. The number of methoxy groups -OCH3 is 3. The highest BCUT2D eigenvalue weighted by Crippen LogP contribution is 2.36. The number of halogens is 1. The van der Waals surface area contributed by atoms with Crippen LogP contribution in [0, 0.1) is 0 Å². The Morgan fingerprint density at radius 1 is 1.36 bits per heavy atom. The maximum absolute atomic E-state index is 11.7. The number of anilines is 1. The molecular weight excluding hydrogens is 410 g/mol. The van der Waals surface area contributed by atoms with Crippen LogP contribution in [0.3, 0.4) is 0 Å². The summed E-state index contributed by atoms with van der Waals surface area (Å²) in [6.07, 6.45) is 2.25. The molecule has 0 fully saturated rings. The fraction of sp³-hybridized carbons (Fsp3) is 0.312. The molecule has 0 saturated heterocycles. The second-order valence-electron chi connectivity index (χ2n) is 4.71. The van der Waals surface area contributed by atoms with Crippen LogP contribution in [0.15, 0.2) is 21.7 Å². The van der Waals surface area contributed by atoms with E-state index in [4.69, 9.17) is 14.2 Å². The average Bonchev–Trinajstić information content (AvgIpc) is 3.05. The van der Waals surface area contributed by atoms with E-state index in [0.717, 1.165) is 10.0 Å². The molecule has 1 heterocycles. The van der Waals surface area contributed by atoms with E-state index in [1.807, 2.05) is 13.0 Å². The van der Waals surface area contributed by atoms with Gasteiger partial charge < -0.3 is 14.2 Å². The van der Waals surface area contributed by atoms with Crippen molar-refractivity contribution in [2.45, 2.75) is 13.3 Å². The Labute approximate surface area is 158 Å². The molecule has 0 aliphatic carbocycles. The predicted molar refractivity (Wildman–Crippen MR) is 101 cm³/mol. The number of hydrazone groups is 1. The summed E-state index contributed by atoms with van der Waals surface area (Å²) in [5.74, 6) is 0.811. The number of esters is 1. The van der Waals surface area contributed by atoms with Crippen LogP contribution in [0.25, 0.3) is 0 Å². The minimum absolute atomic E-state index is 0.394. The minimum atomic E-state index is -0.394. The highest BCUT2D eigenvalue weighted by Gasteiger charge is 2.17. The van der Waals surface area contributed by atoms with Crippen LogP contribution < -0.4 is 14.9 Å². The number of hydrogen-bond donors (Lipinski definition) is 1. The van der Waals surface area contributed by atoms with E-state index < -0.39 is 5.97 Å². The summed E-state index contributed by atoms with van der Waals surface area (Å²) in [7, 11) is 4.49. The first-order valence-corrected chi connectivity index (χ1v) is 8.94. The largest absolute Gasteiger partial charge is 0.493 e. The predicted octanol–water partition coefficient (Wildman–Crippen LogP) is 3.72. The van der Waals surface area contributed by atoms with Gasteiger partial charge in [-0.3, -0.25) is 5.43 Å². The first kappa shape index (κ1) is 19.2. The van der Waals surface area contributed by atoms with E-state index in [-0.39, 0.29) is 0 Å². The second kappa shape index (κ2) is 8.82. The molecular formula is C16H18BrN3O4S. The van der Waals surface area contributed by atoms with Gasteiger partial charge in [-0.05, 0) is 34.5 Å². The molecule has 0 aliphatic heterocycles. The highest BCUT2D eigenvalue weighted by molar-refractivity contribution is 9.10. The van der Waals surface area contributed by atoms with Crippen molar-refractivity contribution in [1.82, 2.24) is 4.98 Å². The van der Waals surface area contributed by atoms with Crippen LogP contribution in [0.4, 0.5) is 5.13 Å². The van der Waals surface area contributed by atoms with Gasteiger partial charge in [-0.15, -0.1) is 0 Å². The zero-order valence-electron chi connectivity index (χ0n) is 14.3. The molecule has 9 heteroatoms. The van der Waals surface area contributed by atoms with Gasteiger partial charge in [0, 0.05) is 5.56 Å². The number of nitrogens with one attached hydrogen (secondary N) is 1. The van der Waals surface area contributed by atoms with Crippen molar-refractivity contribution in [3.05, 3.63) is 32.7 Å². The maximum atomic E-state index is 11.7. The van der Waals surface area contributed by atoms with Crippen LogP contribution in [0.1, 0.15) is 27.9 Å². The van der Waals surface area contributed by atoms with Crippen LogP contribution >= 0.6 is 27.3 Å². The topological polar surface area (TPSA) is 82.0 Å². The summed E-state index contributed by atoms with van der Waals surface area (Å²) in [4.78, 5) is 16.6. The lowest BCUT2D eigenvalue weighted by Crippen LogP contribution is -2.01. The number of aromatic nitrogens is 1. The van der Waals surface area contributed by atoms with Gasteiger partial charge in [0.15, 0.2) is 11.5 Å². The maximum Gasteiger partial charge on any atom is 0.350 e. The number of nitrogens with zero attached hydrogens (tertiary/aromatic N) is 2. The van der Waals surface area contributed by atoms with E-state index in [2.05, 4.69) is 31.4 Å². The number of carbonyl (C=O) groups is 1. The normalized spacial score (nSPS) is 10.8. The molecule has 1 N–H and O–H groups in total. The fourth-order valence-electron chi connectivity index (χ4n) is 2.05. The van der Waals surface area contributed by atoms with Gasteiger partial charge in [0.2, 0.25) is 5.13 Å². The molecule has 25 heavy (non-hydrogen) atoms. The number of rotatable bonds is 7. The molecule has 0 aliphatic rings. The molecule has 7 nitrogen and oxygen atoms in total. The molecule has 0 saturated carbocycles. The van der Waals surface area contributed by atoms with Crippen molar-refractivity contribution in [2.24, 2.45) is 5.10 Å². The molecule has 0 bridgehead atoms. The Kier molecular flexibility index (Phi) is 6.77. The first-order valence-electron chi connectivity index (χ1n) is 7.33. The summed E-state index contributed by atoms with van der Waals surface area (Å²) in [6.45, 7) is 1.93. The smallest absolute Gasteiger partial charge is 0.350 e. The van der Waals surface area contributed by atoms with Crippen LogP contribution in [-0.4, -0.2) is 38.5 Å². The lowest BCUT2D eigenvalue weighted by molar-refractivity contribution is 0.0605.